The number of hydrogen-bond acceptors (Lipinski definition) is 6. The smallest absolute Gasteiger partial charge is 0.306 e. The van der Waals surface area contributed by atoms with Crippen molar-refractivity contribution in [2.75, 3.05) is 13.2 Å². The van der Waals surface area contributed by atoms with Gasteiger partial charge in [-0.3, -0.25) is 14.4 Å². The quantitative estimate of drug-likeness (QED) is 0.0262. The summed E-state index contributed by atoms with van der Waals surface area (Å²) in [6, 6.07) is 0. The van der Waals surface area contributed by atoms with Gasteiger partial charge < -0.3 is 14.2 Å². The average molecular weight is 980 g/mol. The third-order valence-electron chi connectivity index (χ3n) is 11.3. The predicted molar refractivity (Wildman–Crippen MR) is 306 cm³/mol. The minimum Gasteiger partial charge on any atom is -0.462 e. The van der Waals surface area contributed by atoms with E-state index < -0.39 is 6.10 Å². The number of allylic oxidation sites excluding steroid dienone is 24. The molecule has 6 nitrogen and oxygen atoms in total. The standard InChI is InChI=1S/C65H102O6/c1-4-7-10-13-16-19-22-25-28-30-31-32-33-35-37-40-43-46-49-52-55-58-64(67)70-61-62(60-69-63(66)57-54-51-48-45-42-39-36-27-24-21-18-15-12-9-6-3)71-65(68)59-56-53-50-47-44-41-38-34-29-26-23-20-17-14-11-8-5-2/h7-8,10-11,16-17,19-20,25-29,31-32,35-38,41,43,46-47,50,62H,4-6,9,12-15,18,21-24,30,33-34,39-40,42,44-45,48-49,51-61H2,1-3H3/b10-7-,11-8-,19-16-,20-17-,28-25-,29-26-,32-31-,36-27-,37-35-,41-38-,46-43-,50-47-. The van der Waals surface area contributed by atoms with E-state index in [0.717, 1.165) is 122 Å². The minimum atomic E-state index is -0.836. The van der Waals surface area contributed by atoms with Crippen LogP contribution in [0.15, 0.2) is 146 Å². The third kappa shape index (κ3) is 56.1. The number of hydrogen-bond donors (Lipinski definition) is 0. The maximum absolute atomic E-state index is 12.8. The second kappa shape index (κ2) is 57.9. The van der Waals surface area contributed by atoms with Gasteiger partial charge in [-0.15, -0.1) is 0 Å². The van der Waals surface area contributed by atoms with Gasteiger partial charge in [-0.1, -0.05) is 218 Å². The van der Waals surface area contributed by atoms with Crippen molar-refractivity contribution in [3.8, 4) is 0 Å². The first-order valence-corrected chi connectivity index (χ1v) is 28.3. The summed E-state index contributed by atoms with van der Waals surface area (Å²) in [5.74, 6) is -1.04. The first-order chi connectivity index (χ1) is 35.0. The Morgan fingerprint density at radius 3 is 0.944 bits per heavy atom. The normalized spacial score (nSPS) is 13.2. The fourth-order valence-electron chi connectivity index (χ4n) is 7.12. The van der Waals surface area contributed by atoms with Gasteiger partial charge in [-0.25, -0.2) is 0 Å². The lowest BCUT2D eigenvalue weighted by atomic mass is 10.1. The van der Waals surface area contributed by atoms with Crippen molar-refractivity contribution in [1.82, 2.24) is 0 Å². The second-order valence-corrected chi connectivity index (χ2v) is 18.1. The summed E-state index contributed by atoms with van der Waals surface area (Å²) in [5, 5.41) is 0. The molecule has 0 saturated heterocycles. The molecule has 0 bridgehead atoms. The van der Waals surface area contributed by atoms with E-state index in [1.807, 2.05) is 0 Å². The van der Waals surface area contributed by atoms with Crippen LogP contribution in [-0.2, 0) is 28.6 Å². The molecule has 398 valence electrons. The van der Waals surface area contributed by atoms with Crippen LogP contribution in [0.4, 0.5) is 0 Å². The van der Waals surface area contributed by atoms with E-state index in [9.17, 15) is 14.4 Å². The van der Waals surface area contributed by atoms with E-state index in [2.05, 4.69) is 167 Å². The van der Waals surface area contributed by atoms with Gasteiger partial charge in [0.05, 0.1) is 0 Å². The lowest BCUT2D eigenvalue weighted by molar-refractivity contribution is -0.167. The number of rotatable bonds is 49. The van der Waals surface area contributed by atoms with Crippen LogP contribution in [0.3, 0.4) is 0 Å². The van der Waals surface area contributed by atoms with Crippen molar-refractivity contribution < 1.29 is 28.6 Å². The molecule has 0 rings (SSSR count). The van der Waals surface area contributed by atoms with Crippen molar-refractivity contribution in [2.24, 2.45) is 0 Å². The van der Waals surface area contributed by atoms with Crippen LogP contribution < -0.4 is 0 Å². The number of carbonyl (C=O) groups excluding carboxylic acids is 3. The highest BCUT2D eigenvalue weighted by Crippen LogP contribution is 2.12. The van der Waals surface area contributed by atoms with Crippen LogP contribution in [0, 0.1) is 0 Å². The Hall–Kier alpha value is -4.71. The van der Waals surface area contributed by atoms with Crippen molar-refractivity contribution in [3.63, 3.8) is 0 Å². The molecule has 6 heteroatoms. The molecule has 0 aromatic rings. The first-order valence-electron chi connectivity index (χ1n) is 28.3. The zero-order valence-corrected chi connectivity index (χ0v) is 45.4. The van der Waals surface area contributed by atoms with E-state index in [1.54, 1.807) is 0 Å². The number of unbranched alkanes of at least 4 members (excludes halogenated alkanes) is 14. The maximum Gasteiger partial charge on any atom is 0.306 e. The molecule has 0 N–H and O–H groups in total. The Bertz CT molecular complexity index is 1590. The van der Waals surface area contributed by atoms with Gasteiger partial charge in [0.15, 0.2) is 6.10 Å². The molecule has 0 aromatic carbocycles. The summed E-state index contributed by atoms with van der Waals surface area (Å²) < 4.78 is 16.8. The van der Waals surface area contributed by atoms with Gasteiger partial charge in [0, 0.05) is 19.3 Å². The molecule has 0 spiro atoms. The Morgan fingerprint density at radius 2 is 0.563 bits per heavy atom. The van der Waals surface area contributed by atoms with Crippen LogP contribution in [0.2, 0.25) is 0 Å². The van der Waals surface area contributed by atoms with Crippen molar-refractivity contribution in [1.29, 1.82) is 0 Å². The van der Waals surface area contributed by atoms with Gasteiger partial charge in [0.25, 0.3) is 0 Å². The highest BCUT2D eigenvalue weighted by Gasteiger charge is 2.19. The lowest BCUT2D eigenvalue weighted by Gasteiger charge is -2.18. The zero-order chi connectivity index (χ0) is 51.4. The molecule has 0 aliphatic heterocycles. The van der Waals surface area contributed by atoms with E-state index in [1.165, 1.54) is 51.4 Å². The van der Waals surface area contributed by atoms with Gasteiger partial charge in [-0.2, -0.15) is 0 Å². The Kier molecular flexibility index (Phi) is 54.0. The fraction of sp³-hybridized carbons (Fsp3) is 0.585. The number of carbonyl (C=O) groups is 3. The maximum atomic E-state index is 12.8. The van der Waals surface area contributed by atoms with Crippen molar-refractivity contribution in [3.05, 3.63) is 146 Å². The van der Waals surface area contributed by atoms with Crippen LogP contribution >= 0.6 is 0 Å². The Morgan fingerprint density at radius 1 is 0.296 bits per heavy atom. The van der Waals surface area contributed by atoms with E-state index in [-0.39, 0.29) is 44.0 Å². The molecule has 1 atom stereocenters. The van der Waals surface area contributed by atoms with Crippen LogP contribution in [0.5, 0.6) is 0 Å². The van der Waals surface area contributed by atoms with Gasteiger partial charge in [0.1, 0.15) is 13.2 Å². The van der Waals surface area contributed by atoms with Gasteiger partial charge in [-0.05, 0) is 135 Å². The summed E-state index contributed by atoms with van der Waals surface area (Å²) in [4.78, 5) is 38.1. The Balaban J connectivity index is 4.59. The minimum absolute atomic E-state index is 0.125. The number of esters is 3. The molecule has 0 fully saturated rings. The fourth-order valence-corrected chi connectivity index (χ4v) is 7.12. The molecule has 0 saturated carbocycles. The molecule has 71 heavy (non-hydrogen) atoms. The zero-order valence-electron chi connectivity index (χ0n) is 45.4. The lowest BCUT2D eigenvalue weighted by Crippen LogP contribution is -2.30. The molecule has 0 aromatic heterocycles. The Labute approximate surface area is 436 Å². The summed E-state index contributed by atoms with van der Waals surface area (Å²) in [5.41, 5.74) is 0. The molecule has 1 unspecified atom stereocenters. The SMILES string of the molecule is CC/C=C\C/C=C\C/C=C\C/C=C\C/C=C\C/C=C\CCCCC(=O)OCC(COC(=O)CCCCCCC/C=C\CCCCCCCC)OC(=O)CCC/C=C\C/C=C\C/C=C\C/C=C\C/C=C\CC. The first kappa shape index (κ1) is 66.3. The molecule has 0 heterocycles. The molecule has 0 aliphatic rings. The van der Waals surface area contributed by atoms with Crippen molar-refractivity contribution in [2.45, 2.75) is 232 Å². The summed E-state index contributed by atoms with van der Waals surface area (Å²) in [6.45, 7) is 6.30. The molecular weight excluding hydrogens is 877 g/mol. The van der Waals surface area contributed by atoms with Crippen LogP contribution in [0.1, 0.15) is 226 Å². The topological polar surface area (TPSA) is 78.9 Å². The van der Waals surface area contributed by atoms with E-state index >= 15 is 0 Å². The molecule has 0 radical (unpaired) electrons. The summed E-state index contributed by atoms with van der Waals surface area (Å²) >= 11 is 0. The third-order valence-corrected chi connectivity index (χ3v) is 11.3. The summed E-state index contributed by atoms with van der Waals surface area (Å²) in [7, 11) is 0. The van der Waals surface area contributed by atoms with Crippen LogP contribution in [0.25, 0.3) is 0 Å². The summed E-state index contributed by atoms with van der Waals surface area (Å²) in [6.07, 6.45) is 82.7. The highest BCUT2D eigenvalue weighted by atomic mass is 16.6. The molecule has 0 amide bonds. The van der Waals surface area contributed by atoms with Crippen molar-refractivity contribution >= 4 is 17.9 Å². The molecular formula is C65H102O6. The largest absolute Gasteiger partial charge is 0.462 e. The van der Waals surface area contributed by atoms with Gasteiger partial charge in [0.2, 0.25) is 0 Å². The number of ether oxygens (including phenoxy) is 3. The van der Waals surface area contributed by atoms with E-state index in [0.29, 0.717) is 19.3 Å². The highest BCUT2D eigenvalue weighted by molar-refractivity contribution is 5.71. The van der Waals surface area contributed by atoms with Crippen LogP contribution in [-0.4, -0.2) is 37.2 Å². The van der Waals surface area contributed by atoms with Gasteiger partial charge >= 0.3 is 17.9 Å². The average Bonchev–Trinajstić information content (AvgIpc) is 3.37. The second-order valence-electron chi connectivity index (χ2n) is 18.1. The predicted octanol–water partition coefficient (Wildman–Crippen LogP) is 19.2. The monoisotopic (exact) mass is 979 g/mol. The molecule has 0 aliphatic carbocycles. The van der Waals surface area contributed by atoms with E-state index in [4.69, 9.17) is 14.2 Å².